The molecule has 2 aliphatic heterocycles. The molecule has 27 heavy (non-hydrogen) atoms. The number of nitrogens with zero attached hydrogens (tertiary/aromatic N) is 2. The van der Waals surface area contributed by atoms with Crippen molar-refractivity contribution in [2.45, 2.75) is 30.1 Å². The highest BCUT2D eigenvalue weighted by molar-refractivity contribution is 7.89. The number of rotatable bonds is 4. The van der Waals surface area contributed by atoms with Gasteiger partial charge in [-0.15, -0.1) is 13.2 Å². The molecule has 148 valence electrons. The molecule has 1 aromatic rings. The Bertz CT molecular complexity index is 817. The molecule has 0 bridgehead atoms. The van der Waals surface area contributed by atoms with Gasteiger partial charge in [-0.1, -0.05) is 0 Å². The maximum Gasteiger partial charge on any atom is 0.573 e. The van der Waals surface area contributed by atoms with Crippen LogP contribution in [-0.2, 0) is 14.8 Å². The van der Waals surface area contributed by atoms with E-state index in [1.807, 2.05) is 0 Å². The van der Waals surface area contributed by atoms with Gasteiger partial charge in [-0.2, -0.15) is 4.31 Å². The van der Waals surface area contributed by atoms with E-state index < -0.39 is 28.2 Å². The Kier molecular flexibility index (Phi) is 5.04. The molecule has 2 aliphatic rings. The normalized spacial score (nSPS) is 20.0. The number of hydrogen-bond donors (Lipinski definition) is 1. The van der Waals surface area contributed by atoms with Gasteiger partial charge in [0, 0.05) is 19.1 Å². The van der Waals surface area contributed by atoms with Crippen LogP contribution in [0.25, 0.3) is 0 Å². The summed E-state index contributed by atoms with van der Waals surface area (Å²) in [5.74, 6) is -0.861. The van der Waals surface area contributed by atoms with Crippen molar-refractivity contribution in [3.8, 4) is 5.75 Å². The van der Waals surface area contributed by atoms with Crippen LogP contribution in [0, 0.1) is 0 Å². The first-order chi connectivity index (χ1) is 12.6. The van der Waals surface area contributed by atoms with E-state index in [4.69, 9.17) is 0 Å². The number of benzene rings is 1. The van der Waals surface area contributed by atoms with Crippen LogP contribution in [0.3, 0.4) is 0 Å². The van der Waals surface area contributed by atoms with Gasteiger partial charge in [0.2, 0.25) is 15.9 Å². The lowest BCUT2D eigenvalue weighted by atomic mass is 10.1. The summed E-state index contributed by atoms with van der Waals surface area (Å²) in [6, 6.07) is 3.08. The third-order valence-electron chi connectivity index (χ3n) is 4.36. The Morgan fingerprint density at radius 3 is 2.15 bits per heavy atom. The molecule has 0 spiro atoms. The topological polar surface area (TPSA) is 96.0 Å². The molecular formula is C15H16F3N3O5S. The molecule has 1 aromatic carbocycles. The minimum absolute atomic E-state index is 0.0658. The summed E-state index contributed by atoms with van der Waals surface area (Å²) in [5.41, 5.74) is 0. The second-order valence-corrected chi connectivity index (χ2v) is 8.01. The number of imide groups is 1. The first kappa shape index (κ1) is 19.4. The highest BCUT2D eigenvalue weighted by atomic mass is 32.2. The highest BCUT2D eigenvalue weighted by Crippen LogP contribution is 2.27. The monoisotopic (exact) mass is 407 g/mol. The number of ether oxygens (including phenoxy) is 1. The van der Waals surface area contributed by atoms with E-state index in [1.165, 1.54) is 4.31 Å². The van der Waals surface area contributed by atoms with Crippen molar-refractivity contribution in [3.05, 3.63) is 24.3 Å². The number of amides is 3. The van der Waals surface area contributed by atoms with Gasteiger partial charge in [-0.05, 0) is 37.1 Å². The van der Waals surface area contributed by atoms with Gasteiger partial charge < -0.3 is 10.1 Å². The van der Waals surface area contributed by atoms with E-state index >= 15 is 0 Å². The van der Waals surface area contributed by atoms with Crippen LogP contribution in [0.4, 0.5) is 18.0 Å². The number of nitrogens with one attached hydrogen (secondary N) is 1. The Morgan fingerprint density at radius 2 is 1.67 bits per heavy atom. The van der Waals surface area contributed by atoms with Gasteiger partial charge >= 0.3 is 12.4 Å². The van der Waals surface area contributed by atoms with E-state index in [2.05, 4.69) is 10.1 Å². The zero-order chi connectivity index (χ0) is 19.8. The third-order valence-corrected chi connectivity index (χ3v) is 6.27. The largest absolute Gasteiger partial charge is 0.573 e. The summed E-state index contributed by atoms with van der Waals surface area (Å²) in [6.45, 7) is 0.111. The Balaban J connectivity index is 1.66. The van der Waals surface area contributed by atoms with Crippen molar-refractivity contribution in [1.82, 2.24) is 14.5 Å². The van der Waals surface area contributed by atoms with Crippen LogP contribution in [-0.4, -0.2) is 61.6 Å². The van der Waals surface area contributed by atoms with Crippen molar-refractivity contribution in [1.29, 1.82) is 0 Å². The van der Waals surface area contributed by atoms with Crippen molar-refractivity contribution in [2.24, 2.45) is 0 Å². The lowest BCUT2D eigenvalue weighted by Crippen LogP contribution is -2.48. The molecular weight excluding hydrogens is 391 g/mol. The molecule has 2 heterocycles. The minimum Gasteiger partial charge on any atom is -0.406 e. The fourth-order valence-corrected chi connectivity index (χ4v) is 4.58. The van der Waals surface area contributed by atoms with E-state index in [9.17, 15) is 31.2 Å². The molecule has 0 unspecified atom stereocenters. The second-order valence-electron chi connectivity index (χ2n) is 6.08. The number of hydrogen-bond acceptors (Lipinski definition) is 5. The quantitative estimate of drug-likeness (QED) is 0.759. The number of carbonyl (C=O) groups is 2. The summed E-state index contributed by atoms with van der Waals surface area (Å²) < 4.78 is 66.7. The molecule has 0 radical (unpaired) electrons. The summed E-state index contributed by atoms with van der Waals surface area (Å²) in [5, 5.41) is 2.42. The van der Waals surface area contributed by atoms with Crippen LogP contribution in [0.15, 0.2) is 29.2 Å². The van der Waals surface area contributed by atoms with Crippen molar-refractivity contribution in [3.63, 3.8) is 0 Å². The third kappa shape index (κ3) is 4.16. The zero-order valence-corrected chi connectivity index (χ0v) is 14.7. The predicted molar refractivity (Wildman–Crippen MR) is 85.2 cm³/mol. The fraction of sp³-hybridized carbons (Fsp3) is 0.467. The molecule has 1 N–H and O–H groups in total. The van der Waals surface area contributed by atoms with Gasteiger partial charge in [0.05, 0.1) is 11.4 Å². The summed E-state index contributed by atoms with van der Waals surface area (Å²) in [4.78, 5) is 24.4. The number of piperidine rings is 1. The average molecular weight is 407 g/mol. The first-order valence-corrected chi connectivity index (χ1v) is 9.48. The number of carbonyl (C=O) groups excluding carboxylic acids is 2. The SMILES string of the molecule is O=C1CNC(=O)N1C1CCN(S(=O)(=O)c2ccc(OC(F)(F)F)cc2)CC1. The molecule has 2 fully saturated rings. The first-order valence-electron chi connectivity index (χ1n) is 8.04. The summed E-state index contributed by atoms with van der Waals surface area (Å²) in [6.07, 6.45) is -4.29. The number of sulfonamides is 1. The summed E-state index contributed by atoms with van der Waals surface area (Å²) >= 11 is 0. The van der Waals surface area contributed by atoms with E-state index in [-0.39, 0.29) is 49.3 Å². The van der Waals surface area contributed by atoms with Gasteiger partial charge in [0.1, 0.15) is 5.75 Å². The highest BCUT2D eigenvalue weighted by Gasteiger charge is 2.39. The molecule has 0 aliphatic carbocycles. The molecule has 3 amide bonds. The lowest BCUT2D eigenvalue weighted by molar-refractivity contribution is -0.274. The standard InChI is InChI=1S/C15H16F3N3O5S/c16-15(17,18)26-11-1-3-12(4-2-11)27(24,25)20-7-5-10(6-8-20)21-13(22)9-19-14(21)23/h1-4,10H,5-9H2,(H,19,23). The van der Waals surface area contributed by atoms with Crippen molar-refractivity contribution in [2.75, 3.05) is 19.6 Å². The lowest BCUT2D eigenvalue weighted by Gasteiger charge is -2.34. The minimum atomic E-state index is -4.86. The van der Waals surface area contributed by atoms with Crippen molar-refractivity contribution < 1.29 is 35.9 Å². The van der Waals surface area contributed by atoms with Crippen LogP contribution in [0.5, 0.6) is 5.75 Å². The van der Waals surface area contributed by atoms with Crippen LogP contribution in [0.2, 0.25) is 0 Å². The molecule has 8 nitrogen and oxygen atoms in total. The van der Waals surface area contributed by atoms with Crippen LogP contribution >= 0.6 is 0 Å². The maximum atomic E-state index is 12.6. The Hall–Kier alpha value is -2.34. The van der Waals surface area contributed by atoms with E-state index in [0.717, 1.165) is 29.2 Å². The second kappa shape index (κ2) is 7.00. The molecule has 2 saturated heterocycles. The number of halogens is 3. The van der Waals surface area contributed by atoms with Gasteiger partial charge in [0.25, 0.3) is 0 Å². The van der Waals surface area contributed by atoms with Crippen LogP contribution < -0.4 is 10.1 Å². The predicted octanol–water partition coefficient (Wildman–Crippen LogP) is 1.29. The Morgan fingerprint density at radius 1 is 1.07 bits per heavy atom. The van der Waals surface area contributed by atoms with E-state index in [0.29, 0.717) is 0 Å². The molecule has 12 heteroatoms. The molecule has 0 atom stereocenters. The number of alkyl halides is 3. The zero-order valence-electron chi connectivity index (χ0n) is 13.9. The van der Waals surface area contributed by atoms with Crippen LogP contribution in [0.1, 0.15) is 12.8 Å². The molecule has 0 saturated carbocycles. The van der Waals surface area contributed by atoms with E-state index in [1.54, 1.807) is 0 Å². The average Bonchev–Trinajstić information content (AvgIpc) is 2.93. The molecule has 0 aromatic heterocycles. The maximum absolute atomic E-state index is 12.6. The van der Waals surface area contributed by atoms with Crippen molar-refractivity contribution >= 4 is 22.0 Å². The summed E-state index contributed by atoms with van der Waals surface area (Å²) in [7, 11) is -3.90. The van der Waals surface area contributed by atoms with Gasteiger partial charge in [-0.3, -0.25) is 9.69 Å². The molecule has 3 rings (SSSR count). The van der Waals surface area contributed by atoms with Gasteiger partial charge in [0.15, 0.2) is 0 Å². The van der Waals surface area contributed by atoms with Gasteiger partial charge in [-0.25, -0.2) is 13.2 Å². The smallest absolute Gasteiger partial charge is 0.406 e. The number of urea groups is 1. The fourth-order valence-electron chi connectivity index (χ4n) is 3.11. The Labute approximate surface area is 152 Å².